The van der Waals surface area contributed by atoms with Gasteiger partial charge in [-0.25, -0.2) is 9.37 Å². The van der Waals surface area contributed by atoms with Crippen molar-refractivity contribution in [2.45, 2.75) is 13.0 Å². The number of para-hydroxylation sites is 1. The van der Waals surface area contributed by atoms with Gasteiger partial charge in [0, 0.05) is 33.1 Å². The zero-order chi connectivity index (χ0) is 21.6. The fraction of sp³-hybridized carbons (Fsp3) is 0.211. The number of nitrogens with zero attached hydrogens (tertiary/aromatic N) is 4. The molecule has 0 atom stereocenters. The molecule has 1 amide bonds. The molecule has 0 unspecified atom stereocenters. The highest BCUT2D eigenvalue weighted by Gasteiger charge is 2.36. The SMILES string of the molecule is CN1c2cc(F)c(NC(=O)CCn3cnc4ccccc4c3=O)cc2N(C)S1(=O)=O. The Balaban J connectivity index is 1.51. The van der Waals surface area contributed by atoms with Crippen LogP contribution in [0, 0.1) is 5.82 Å². The molecule has 1 aromatic heterocycles. The van der Waals surface area contributed by atoms with E-state index in [2.05, 4.69) is 10.3 Å². The van der Waals surface area contributed by atoms with E-state index >= 15 is 0 Å². The van der Waals surface area contributed by atoms with Gasteiger partial charge in [-0.05, 0) is 18.2 Å². The lowest BCUT2D eigenvalue weighted by molar-refractivity contribution is -0.116. The standard InChI is InChI=1S/C19H18FN5O4S/c1-23-16-9-13(20)15(10-17(16)24(2)30(23,28)29)22-18(26)7-8-25-11-21-14-6-4-3-5-12(14)19(25)27/h3-6,9-11H,7-8H2,1-2H3,(H,22,26). The molecule has 0 saturated carbocycles. The molecule has 0 bridgehead atoms. The van der Waals surface area contributed by atoms with Gasteiger partial charge in [0.2, 0.25) is 5.91 Å². The number of hydrogen-bond acceptors (Lipinski definition) is 5. The topological polar surface area (TPSA) is 105 Å². The van der Waals surface area contributed by atoms with Crippen molar-refractivity contribution in [2.75, 3.05) is 28.0 Å². The van der Waals surface area contributed by atoms with E-state index in [0.717, 1.165) is 14.7 Å². The summed E-state index contributed by atoms with van der Waals surface area (Å²) in [6, 6.07) is 9.21. The van der Waals surface area contributed by atoms with Crippen LogP contribution in [-0.2, 0) is 21.5 Å². The van der Waals surface area contributed by atoms with E-state index in [0.29, 0.717) is 10.9 Å². The first-order valence-electron chi connectivity index (χ1n) is 9.00. The quantitative estimate of drug-likeness (QED) is 0.677. The zero-order valence-electron chi connectivity index (χ0n) is 16.2. The fourth-order valence-corrected chi connectivity index (χ4v) is 4.44. The van der Waals surface area contributed by atoms with Gasteiger partial charge in [-0.1, -0.05) is 12.1 Å². The van der Waals surface area contributed by atoms with E-state index in [4.69, 9.17) is 0 Å². The Kier molecular flexibility index (Phi) is 4.69. The van der Waals surface area contributed by atoms with Crippen LogP contribution in [0.1, 0.15) is 6.42 Å². The van der Waals surface area contributed by atoms with Gasteiger partial charge in [0.15, 0.2) is 0 Å². The number of anilines is 3. The Labute approximate surface area is 171 Å². The largest absolute Gasteiger partial charge is 0.326 e. The molecule has 156 valence electrons. The number of nitrogens with one attached hydrogen (secondary N) is 1. The molecule has 4 rings (SSSR count). The number of amides is 1. The molecule has 0 aliphatic carbocycles. The Morgan fingerprint density at radius 3 is 2.53 bits per heavy atom. The van der Waals surface area contributed by atoms with Crippen molar-refractivity contribution in [3.8, 4) is 0 Å². The van der Waals surface area contributed by atoms with Gasteiger partial charge in [0.25, 0.3) is 5.56 Å². The lowest BCUT2D eigenvalue weighted by atomic mass is 10.2. The zero-order valence-corrected chi connectivity index (χ0v) is 17.0. The minimum Gasteiger partial charge on any atom is -0.323 e. The highest BCUT2D eigenvalue weighted by Crippen LogP contribution is 2.41. The number of aryl methyl sites for hydroxylation is 1. The normalized spacial score (nSPS) is 14.8. The third kappa shape index (κ3) is 3.16. The van der Waals surface area contributed by atoms with Gasteiger partial charge in [0.1, 0.15) is 5.82 Å². The predicted octanol–water partition coefficient (Wildman–Crippen LogP) is 1.70. The summed E-state index contributed by atoms with van der Waals surface area (Å²) < 4.78 is 42.1. The number of benzene rings is 2. The van der Waals surface area contributed by atoms with E-state index in [9.17, 15) is 22.4 Å². The van der Waals surface area contributed by atoms with Crippen molar-refractivity contribution in [3.63, 3.8) is 0 Å². The summed E-state index contributed by atoms with van der Waals surface area (Å²) in [5, 5.41) is 2.88. The molecular weight excluding hydrogens is 413 g/mol. The van der Waals surface area contributed by atoms with Gasteiger partial charge in [-0.15, -0.1) is 0 Å². The van der Waals surface area contributed by atoms with Crippen LogP contribution in [0.5, 0.6) is 0 Å². The van der Waals surface area contributed by atoms with Crippen LogP contribution in [0.25, 0.3) is 10.9 Å². The summed E-state index contributed by atoms with van der Waals surface area (Å²) in [7, 11) is -1.08. The Bertz CT molecular complexity index is 1340. The predicted molar refractivity (Wildman–Crippen MR) is 111 cm³/mol. The molecular formula is C19H18FN5O4S. The summed E-state index contributed by atoms with van der Waals surface area (Å²) in [5.41, 5.74) is 0.588. The number of carbonyl (C=O) groups excluding carboxylic acids is 1. The van der Waals surface area contributed by atoms with Crippen molar-refractivity contribution in [1.82, 2.24) is 9.55 Å². The number of halogens is 1. The van der Waals surface area contributed by atoms with Crippen LogP contribution in [0.2, 0.25) is 0 Å². The number of hydrogen-bond donors (Lipinski definition) is 1. The second kappa shape index (κ2) is 7.10. The van der Waals surface area contributed by atoms with Crippen LogP contribution in [0.3, 0.4) is 0 Å². The average molecular weight is 431 g/mol. The van der Waals surface area contributed by atoms with Crippen LogP contribution in [0.4, 0.5) is 21.5 Å². The second-order valence-electron chi connectivity index (χ2n) is 6.82. The van der Waals surface area contributed by atoms with Crippen molar-refractivity contribution in [1.29, 1.82) is 0 Å². The monoisotopic (exact) mass is 431 g/mol. The highest BCUT2D eigenvalue weighted by molar-refractivity contribution is 7.94. The molecule has 0 radical (unpaired) electrons. The Morgan fingerprint density at radius 2 is 1.80 bits per heavy atom. The molecule has 30 heavy (non-hydrogen) atoms. The van der Waals surface area contributed by atoms with Crippen LogP contribution in [0.15, 0.2) is 47.5 Å². The number of carbonyl (C=O) groups is 1. The smallest absolute Gasteiger partial charge is 0.323 e. The van der Waals surface area contributed by atoms with Crippen molar-refractivity contribution < 1.29 is 17.6 Å². The molecule has 0 fully saturated rings. The molecule has 2 heterocycles. The first-order valence-corrected chi connectivity index (χ1v) is 10.4. The summed E-state index contributed by atoms with van der Waals surface area (Å²) >= 11 is 0. The van der Waals surface area contributed by atoms with Crippen molar-refractivity contribution in [3.05, 3.63) is 58.9 Å². The van der Waals surface area contributed by atoms with Crippen LogP contribution in [-0.4, -0.2) is 38.0 Å². The van der Waals surface area contributed by atoms with E-state index in [1.54, 1.807) is 24.3 Å². The lowest BCUT2D eigenvalue weighted by Crippen LogP contribution is -2.32. The molecule has 0 saturated heterocycles. The maximum absolute atomic E-state index is 14.4. The summed E-state index contributed by atoms with van der Waals surface area (Å²) in [4.78, 5) is 29.0. The summed E-state index contributed by atoms with van der Waals surface area (Å²) in [6.45, 7) is 0.0616. The van der Waals surface area contributed by atoms with Gasteiger partial charge in [0.05, 0.1) is 34.3 Å². The molecule has 9 nitrogen and oxygen atoms in total. The van der Waals surface area contributed by atoms with E-state index in [-0.39, 0.29) is 35.6 Å². The molecule has 1 aliphatic heterocycles. The maximum atomic E-state index is 14.4. The molecule has 2 aromatic carbocycles. The molecule has 11 heteroatoms. The van der Waals surface area contributed by atoms with Crippen LogP contribution < -0.4 is 19.5 Å². The maximum Gasteiger partial charge on any atom is 0.326 e. The molecule has 3 aromatic rings. The first kappa shape index (κ1) is 19.8. The summed E-state index contributed by atoms with van der Waals surface area (Å²) in [6.07, 6.45) is 1.27. The number of rotatable bonds is 4. The molecule has 1 N–H and O–H groups in total. The highest BCUT2D eigenvalue weighted by atomic mass is 32.2. The van der Waals surface area contributed by atoms with E-state index in [1.165, 1.54) is 31.1 Å². The Hall–Kier alpha value is -3.47. The molecule has 0 spiro atoms. The molecule has 1 aliphatic rings. The fourth-order valence-electron chi connectivity index (χ4n) is 3.28. The first-order chi connectivity index (χ1) is 14.2. The van der Waals surface area contributed by atoms with Gasteiger partial charge in [-0.2, -0.15) is 8.42 Å². The van der Waals surface area contributed by atoms with E-state index in [1.807, 2.05) is 0 Å². The Morgan fingerprint density at radius 1 is 1.13 bits per heavy atom. The van der Waals surface area contributed by atoms with Gasteiger partial charge < -0.3 is 5.32 Å². The van der Waals surface area contributed by atoms with E-state index < -0.39 is 21.9 Å². The minimum absolute atomic E-state index is 0.0616. The second-order valence-corrected chi connectivity index (χ2v) is 8.81. The van der Waals surface area contributed by atoms with Crippen molar-refractivity contribution >= 4 is 44.1 Å². The number of aromatic nitrogens is 2. The number of fused-ring (bicyclic) bond motifs is 2. The van der Waals surface area contributed by atoms with Gasteiger partial charge >= 0.3 is 10.2 Å². The van der Waals surface area contributed by atoms with Crippen LogP contribution >= 0.6 is 0 Å². The van der Waals surface area contributed by atoms with Gasteiger partial charge in [-0.3, -0.25) is 22.8 Å². The third-order valence-corrected chi connectivity index (χ3v) is 6.80. The van der Waals surface area contributed by atoms with Crippen molar-refractivity contribution in [2.24, 2.45) is 0 Å². The third-order valence-electron chi connectivity index (χ3n) is 5.02. The minimum atomic E-state index is -3.75. The lowest BCUT2D eigenvalue weighted by Gasteiger charge is -2.13. The summed E-state index contributed by atoms with van der Waals surface area (Å²) in [5.74, 6) is -1.28. The average Bonchev–Trinajstić information content (AvgIpc) is 2.88.